The molecule has 1 aromatic carbocycles. The summed E-state index contributed by atoms with van der Waals surface area (Å²) in [6.07, 6.45) is 3.12. The number of methoxy groups -OCH3 is 1. The van der Waals surface area contributed by atoms with E-state index in [9.17, 15) is 4.79 Å². The average Bonchev–Trinajstić information content (AvgIpc) is 2.18. The van der Waals surface area contributed by atoms with Gasteiger partial charge in [-0.1, -0.05) is 6.42 Å². The highest BCUT2D eigenvalue weighted by atomic mass is 16.5. The molecule has 0 heterocycles. The first-order valence-corrected chi connectivity index (χ1v) is 5.45. The molecule has 1 aromatic rings. The number of rotatable bonds is 3. The van der Waals surface area contributed by atoms with E-state index in [0.717, 1.165) is 19.3 Å². The standard InChI is InChI=1S/C12H16N2O2/c1-16-9-5-6-11(10(13)7-9)14-12(15)8-3-2-4-8/h5-8H,2-4,13H2,1H3,(H,14,15). The second kappa shape index (κ2) is 4.43. The number of carbonyl (C=O) groups is 1. The number of benzene rings is 1. The van der Waals surface area contributed by atoms with Crippen molar-refractivity contribution in [2.45, 2.75) is 19.3 Å². The third-order valence-electron chi connectivity index (χ3n) is 2.99. The van der Waals surface area contributed by atoms with E-state index in [0.29, 0.717) is 17.1 Å². The number of nitrogen functional groups attached to an aromatic ring is 1. The van der Waals surface area contributed by atoms with Crippen LogP contribution in [0.5, 0.6) is 5.75 Å². The van der Waals surface area contributed by atoms with Crippen molar-refractivity contribution < 1.29 is 9.53 Å². The predicted molar refractivity (Wildman–Crippen MR) is 63.4 cm³/mol. The summed E-state index contributed by atoms with van der Waals surface area (Å²) >= 11 is 0. The Labute approximate surface area is 94.8 Å². The summed E-state index contributed by atoms with van der Waals surface area (Å²) < 4.78 is 5.04. The maximum absolute atomic E-state index is 11.7. The van der Waals surface area contributed by atoms with Crippen molar-refractivity contribution in [1.82, 2.24) is 0 Å². The van der Waals surface area contributed by atoms with Gasteiger partial charge in [0, 0.05) is 12.0 Å². The fraction of sp³-hybridized carbons (Fsp3) is 0.417. The molecule has 0 spiro atoms. The van der Waals surface area contributed by atoms with Crippen LogP contribution in [-0.2, 0) is 4.79 Å². The molecule has 0 saturated heterocycles. The van der Waals surface area contributed by atoms with Gasteiger partial charge in [-0.25, -0.2) is 0 Å². The van der Waals surface area contributed by atoms with E-state index >= 15 is 0 Å². The van der Waals surface area contributed by atoms with Crippen LogP contribution in [0, 0.1) is 5.92 Å². The minimum Gasteiger partial charge on any atom is -0.497 e. The summed E-state index contributed by atoms with van der Waals surface area (Å²) in [5.74, 6) is 0.934. The first-order valence-electron chi connectivity index (χ1n) is 5.45. The van der Waals surface area contributed by atoms with E-state index in [4.69, 9.17) is 10.5 Å². The van der Waals surface area contributed by atoms with E-state index in [1.54, 1.807) is 25.3 Å². The Morgan fingerprint density at radius 1 is 1.50 bits per heavy atom. The van der Waals surface area contributed by atoms with Crippen LogP contribution in [0.1, 0.15) is 19.3 Å². The van der Waals surface area contributed by atoms with Crippen LogP contribution in [0.25, 0.3) is 0 Å². The normalized spacial score (nSPS) is 15.3. The fourth-order valence-electron chi connectivity index (χ4n) is 1.69. The van der Waals surface area contributed by atoms with Crippen molar-refractivity contribution in [3.05, 3.63) is 18.2 Å². The third kappa shape index (κ3) is 2.10. The van der Waals surface area contributed by atoms with Crippen molar-refractivity contribution in [3.63, 3.8) is 0 Å². The first-order chi connectivity index (χ1) is 7.70. The maximum Gasteiger partial charge on any atom is 0.227 e. The average molecular weight is 220 g/mol. The zero-order valence-corrected chi connectivity index (χ0v) is 9.32. The Kier molecular flexibility index (Phi) is 2.99. The summed E-state index contributed by atoms with van der Waals surface area (Å²) in [5.41, 5.74) is 7.01. The molecule has 1 aliphatic carbocycles. The zero-order valence-electron chi connectivity index (χ0n) is 9.32. The molecule has 0 unspecified atom stereocenters. The lowest BCUT2D eigenvalue weighted by Crippen LogP contribution is -2.28. The van der Waals surface area contributed by atoms with Gasteiger partial charge in [0.1, 0.15) is 5.75 Å². The smallest absolute Gasteiger partial charge is 0.227 e. The van der Waals surface area contributed by atoms with Crippen LogP contribution in [0.2, 0.25) is 0 Å². The number of ether oxygens (including phenoxy) is 1. The molecule has 4 heteroatoms. The van der Waals surface area contributed by atoms with Crippen LogP contribution in [0.3, 0.4) is 0 Å². The highest BCUT2D eigenvalue weighted by molar-refractivity contribution is 5.95. The maximum atomic E-state index is 11.7. The summed E-state index contributed by atoms with van der Waals surface area (Å²) in [6, 6.07) is 5.26. The van der Waals surface area contributed by atoms with E-state index in [-0.39, 0.29) is 11.8 Å². The Bertz CT molecular complexity index is 400. The number of anilines is 2. The Balaban J connectivity index is 2.06. The zero-order chi connectivity index (χ0) is 11.5. The van der Waals surface area contributed by atoms with Gasteiger partial charge >= 0.3 is 0 Å². The molecule has 4 nitrogen and oxygen atoms in total. The van der Waals surface area contributed by atoms with Gasteiger partial charge in [0.25, 0.3) is 0 Å². The van der Waals surface area contributed by atoms with E-state index in [1.165, 1.54) is 0 Å². The van der Waals surface area contributed by atoms with Gasteiger partial charge in [0.2, 0.25) is 5.91 Å². The summed E-state index contributed by atoms with van der Waals surface area (Å²) in [6.45, 7) is 0. The number of amides is 1. The number of hydrogen-bond donors (Lipinski definition) is 2. The van der Waals surface area contributed by atoms with Gasteiger partial charge < -0.3 is 15.8 Å². The number of nitrogens with one attached hydrogen (secondary N) is 1. The van der Waals surface area contributed by atoms with Gasteiger partial charge in [0.05, 0.1) is 18.5 Å². The van der Waals surface area contributed by atoms with Crippen molar-refractivity contribution in [2.24, 2.45) is 5.92 Å². The number of carbonyl (C=O) groups excluding carboxylic acids is 1. The third-order valence-corrected chi connectivity index (χ3v) is 2.99. The predicted octanol–water partition coefficient (Wildman–Crippen LogP) is 2.02. The molecule has 16 heavy (non-hydrogen) atoms. The first kappa shape index (κ1) is 10.8. The molecule has 3 N–H and O–H groups in total. The van der Waals surface area contributed by atoms with Gasteiger partial charge in [-0.3, -0.25) is 4.79 Å². The fourth-order valence-corrected chi connectivity index (χ4v) is 1.69. The van der Waals surface area contributed by atoms with Gasteiger partial charge in [-0.05, 0) is 25.0 Å². The lowest BCUT2D eigenvalue weighted by Gasteiger charge is -2.24. The molecule has 0 bridgehead atoms. The van der Waals surface area contributed by atoms with E-state index < -0.39 is 0 Å². The molecule has 0 aliphatic heterocycles. The van der Waals surface area contributed by atoms with Crippen LogP contribution >= 0.6 is 0 Å². The Hall–Kier alpha value is -1.71. The van der Waals surface area contributed by atoms with Gasteiger partial charge in [-0.2, -0.15) is 0 Å². The van der Waals surface area contributed by atoms with Gasteiger partial charge in [-0.15, -0.1) is 0 Å². The molecular weight excluding hydrogens is 204 g/mol. The molecule has 1 aliphatic rings. The van der Waals surface area contributed by atoms with Crippen LogP contribution in [0.4, 0.5) is 11.4 Å². The summed E-state index contributed by atoms with van der Waals surface area (Å²) in [5, 5.41) is 2.84. The topological polar surface area (TPSA) is 64.3 Å². The summed E-state index contributed by atoms with van der Waals surface area (Å²) in [7, 11) is 1.58. The SMILES string of the molecule is COc1ccc(NC(=O)C2CCC2)c(N)c1. The minimum absolute atomic E-state index is 0.0723. The van der Waals surface area contributed by atoms with Crippen LogP contribution in [0.15, 0.2) is 18.2 Å². The molecule has 2 rings (SSSR count). The molecule has 1 fully saturated rings. The molecule has 0 atom stereocenters. The number of hydrogen-bond acceptors (Lipinski definition) is 3. The van der Waals surface area contributed by atoms with Crippen LogP contribution < -0.4 is 15.8 Å². The van der Waals surface area contributed by atoms with Crippen molar-refractivity contribution >= 4 is 17.3 Å². The molecular formula is C12H16N2O2. The number of nitrogens with two attached hydrogens (primary N) is 1. The highest BCUT2D eigenvalue weighted by Crippen LogP contribution is 2.29. The molecule has 0 radical (unpaired) electrons. The lowest BCUT2D eigenvalue weighted by atomic mass is 9.85. The van der Waals surface area contributed by atoms with Crippen molar-refractivity contribution in [3.8, 4) is 5.75 Å². The second-order valence-electron chi connectivity index (χ2n) is 4.07. The van der Waals surface area contributed by atoms with Crippen LogP contribution in [-0.4, -0.2) is 13.0 Å². The molecule has 86 valence electrons. The van der Waals surface area contributed by atoms with Crippen molar-refractivity contribution in [2.75, 3.05) is 18.2 Å². The minimum atomic E-state index is 0.0723. The monoisotopic (exact) mass is 220 g/mol. The lowest BCUT2D eigenvalue weighted by molar-refractivity contribution is -0.122. The second-order valence-corrected chi connectivity index (χ2v) is 4.07. The quantitative estimate of drug-likeness (QED) is 0.766. The molecule has 0 aromatic heterocycles. The largest absolute Gasteiger partial charge is 0.497 e. The van der Waals surface area contributed by atoms with E-state index in [1.807, 2.05) is 0 Å². The molecule has 1 amide bonds. The Morgan fingerprint density at radius 2 is 2.25 bits per heavy atom. The molecule has 1 saturated carbocycles. The van der Waals surface area contributed by atoms with Crippen molar-refractivity contribution in [1.29, 1.82) is 0 Å². The van der Waals surface area contributed by atoms with E-state index in [2.05, 4.69) is 5.32 Å². The summed E-state index contributed by atoms with van der Waals surface area (Å²) in [4.78, 5) is 11.7. The highest BCUT2D eigenvalue weighted by Gasteiger charge is 2.25. The Morgan fingerprint density at radius 3 is 2.75 bits per heavy atom. The van der Waals surface area contributed by atoms with Gasteiger partial charge in [0.15, 0.2) is 0 Å².